The molecule has 90 valence electrons. The van der Waals surface area contributed by atoms with Crippen molar-refractivity contribution in [1.29, 1.82) is 5.26 Å². The molecule has 5 heteroatoms. The molecule has 0 saturated carbocycles. The Morgan fingerprint density at radius 2 is 2.28 bits per heavy atom. The molecule has 1 heterocycles. The monoisotopic (exact) mass is 259 g/mol. The average Bonchev–Trinajstić information content (AvgIpc) is 2.85. The van der Waals surface area contributed by atoms with Gasteiger partial charge in [-0.05, 0) is 29.1 Å². The van der Waals surface area contributed by atoms with Crippen molar-refractivity contribution in [3.63, 3.8) is 0 Å². The Hall–Kier alpha value is -2.32. The summed E-state index contributed by atoms with van der Waals surface area (Å²) in [5, 5.41) is 19.4. The maximum Gasteiger partial charge on any atom is 0.349 e. The Bertz CT molecular complexity index is 613. The third-order valence-corrected chi connectivity index (χ3v) is 3.16. The van der Waals surface area contributed by atoms with Gasteiger partial charge >= 0.3 is 5.97 Å². The van der Waals surface area contributed by atoms with Crippen LogP contribution in [-0.4, -0.2) is 11.1 Å². The van der Waals surface area contributed by atoms with E-state index in [9.17, 15) is 4.79 Å². The largest absolute Gasteiger partial charge is 0.487 e. The summed E-state index contributed by atoms with van der Waals surface area (Å²) in [6.45, 7) is 0.243. The van der Waals surface area contributed by atoms with Crippen LogP contribution in [0.15, 0.2) is 35.7 Å². The quantitative estimate of drug-likeness (QED) is 0.916. The molecule has 18 heavy (non-hydrogen) atoms. The highest BCUT2D eigenvalue weighted by Gasteiger charge is 2.12. The van der Waals surface area contributed by atoms with Crippen LogP contribution in [0.25, 0.3) is 0 Å². The van der Waals surface area contributed by atoms with Crippen LogP contribution in [0.2, 0.25) is 0 Å². The number of rotatable bonds is 4. The molecule has 0 radical (unpaired) electrons. The number of carboxylic acids is 1. The average molecular weight is 259 g/mol. The SMILES string of the molecule is N#Cc1cccc(COc2ccsc2C(=O)O)c1. The first kappa shape index (κ1) is 12.1. The predicted molar refractivity (Wildman–Crippen MR) is 66.8 cm³/mol. The van der Waals surface area contributed by atoms with Crippen LogP contribution < -0.4 is 4.74 Å². The van der Waals surface area contributed by atoms with E-state index in [1.165, 1.54) is 0 Å². The highest BCUT2D eigenvalue weighted by Crippen LogP contribution is 2.25. The third-order valence-electron chi connectivity index (χ3n) is 2.27. The maximum atomic E-state index is 10.9. The van der Waals surface area contributed by atoms with E-state index < -0.39 is 5.97 Å². The van der Waals surface area contributed by atoms with Crippen LogP contribution in [0.4, 0.5) is 0 Å². The molecule has 0 unspecified atom stereocenters. The summed E-state index contributed by atoms with van der Waals surface area (Å²) in [6.07, 6.45) is 0. The Kier molecular flexibility index (Phi) is 3.60. The highest BCUT2D eigenvalue weighted by molar-refractivity contribution is 7.12. The lowest BCUT2D eigenvalue weighted by atomic mass is 10.1. The van der Waals surface area contributed by atoms with Gasteiger partial charge in [-0.15, -0.1) is 11.3 Å². The van der Waals surface area contributed by atoms with E-state index in [2.05, 4.69) is 0 Å². The van der Waals surface area contributed by atoms with Gasteiger partial charge in [0.15, 0.2) is 4.88 Å². The smallest absolute Gasteiger partial charge is 0.349 e. The topological polar surface area (TPSA) is 70.3 Å². The Balaban J connectivity index is 2.09. The van der Waals surface area contributed by atoms with Crippen molar-refractivity contribution in [2.75, 3.05) is 0 Å². The first-order valence-corrected chi connectivity index (χ1v) is 6.01. The minimum absolute atomic E-state index is 0.187. The first-order valence-electron chi connectivity index (χ1n) is 5.13. The van der Waals surface area contributed by atoms with Crippen LogP contribution in [0, 0.1) is 11.3 Å². The van der Waals surface area contributed by atoms with Gasteiger partial charge < -0.3 is 9.84 Å². The number of carboxylic acid groups (broad SMARTS) is 1. The van der Waals surface area contributed by atoms with Gasteiger partial charge in [0.25, 0.3) is 0 Å². The molecule has 2 aromatic rings. The Morgan fingerprint density at radius 3 is 3.00 bits per heavy atom. The fourth-order valence-electron chi connectivity index (χ4n) is 1.46. The second-order valence-corrected chi connectivity index (χ2v) is 4.44. The van der Waals surface area contributed by atoms with Gasteiger partial charge in [0.1, 0.15) is 12.4 Å². The minimum Gasteiger partial charge on any atom is -0.487 e. The number of hydrogen-bond acceptors (Lipinski definition) is 4. The highest BCUT2D eigenvalue weighted by atomic mass is 32.1. The van der Waals surface area contributed by atoms with Gasteiger partial charge in [-0.25, -0.2) is 4.79 Å². The number of aromatic carboxylic acids is 1. The van der Waals surface area contributed by atoms with Crippen molar-refractivity contribution >= 4 is 17.3 Å². The number of hydrogen-bond donors (Lipinski definition) is 1. The van der Waals surface area contributed by atoms with Gasteiger partial charge in [0.2, 0.25) is 0 Å². The second-order valence-electron chi connectivity index (χ2n) is 3.52. The second kappa shape index (κ2) is 5.34. The Morgan fingerprint density at radius 1 is 1.44 bits per heavy atom. The molecule has 0 aliphatic heterocycles. The Labute approximate surface area is 108 Å². The predicted octanol–water partition coefficient (Wildman–Crippen LogP) is 2.90. The molecule has 0 atom stereocenters. The van der Waals surface area contributed by atoms with E-state index in [0.29, 0.717) is 11.3 Å². The molecule has 0 spiro atoms. The van der Waals surface area contributed by atoms with Crippen LogP contribution in [0.1, 0.15) is 20.8 Å². The summed E-state index contributed by atoms with van der Waals surface area (Å²) in [4.78, 5) is 11.1. The van der Waals surface area contributed by atoms with Crippen LogP contribution in [-0.2, 0) is 6.61 Å². The number of benzene rings is 1. The van der Waals surface area contributed by atoms with Gasteiger partial charge in [-0.1, -0.05) is 12.1 Å². The van der Waals surface area contributed by atoms with Crippen molar-refractivity contribution in [3.05, 3.63) is 51.7 Å². The summed E-state index contributed by atoms with van der Waals surface area (Å²) in [5.74, 6) is -0.638. The summed E-state index contributed by atoms with van der Waals surface area (Å²) in [6, 6.07) is 10.7. The van der Waals surface area contributed by atoms with Gasteiger partial charge in [-0.3, -0.25) is 0 Å². The summed E-state index contributed by atoms with van der Waals surface area (Å²) in [7, 11) is 0. The standard InChI is InChI=1S/C13H9NO3S/c14-7-9-2-1-3-10(6-9)8-17-11-4-5-18-12(11)13(15)16/h1-6H,8H2,(H,15,16). The number of ether oxygens (including phenoxy) is 1. The zero-order chi connectivity index (χ0) is 13.0. The fraction of sp³-hybridized carbons (Fsp3) is 0.0769. The van der Waals surface area contributed by atoms with E-state index in [1.807, 2.05) is 12.1 Å². The number of carbonyl (C=O) groups is 1. The zero-order valence-electron chi connectivity index (χ0n) is 9.29. The van der Waals surface area contributed by atoms with Gasteiger partial charge in [-0.2, -0.15) is 5.26 Å². The lowest BCUT2D eigenvalue weighted by molar-refractivity contribution is 0.0697. The summed E-state index contributed by atoms with van der Waals surface area (Å²) in [5.41, 5.74) is 1.39. The molecule has 0 aliphatic rings. The maximum absolute atomic E-state index is 10.9. The van der Waals surface area contributed by atoms with Crippen LogP contribution in [0.3, 0.4) is 0 Å². The molecular weight excluding hydrogens is 250 g/mol. The molecule has 2 rings (SSSR count). The summed E-state index contributed by atoms with van der Waals surface area (Å²) < 4.78 is 5.44. The molecule has 0 saturated heterocycles. The normalized spacial score (nSPS) is 9.72. The summed E-state index contributed by atoms with van der Waals surface area (Å²) >= 11 is 1.12. The molecule has 0 bridgehead atoms. The first-order chi connectivity index (χ1) is 8.70. The van der Waals surface area contributed by atoms with E-state index >= 15 is 0 Å². The van der Waals surface area contributed by atoms with E-state index in [1.54, 1.807) is 29.6 Å². The molecule has 0 aliphatic carbocycles. The molecular formula is C13H9NO3S. The molecule has 1 N–H and O–H groups in total. The van der Waals surface area contributed by atoms with Gasteiger partial charge in [0, 0.05) is 0 Å². The number of nitriles is 1. The molecule has 1 aromatic carbocycles. The van der Waals surface area contributed by atoms with Crippen molar-refractivity contribution < 1.29 is 14.6 Å². The lowest BCUT2D eigenvalue weighted by Gasteiger charge is -2.05. The van der Waals surface area contributed by atoms with Crippen molar-refractivity contribution in [2.45, 2.75) is 6.61 Å². The van der Waals surface area contributed by atoms with Crippen LogP contribution in [0.5, 0.6) is 5.75 Å². The molecule has 0 amide bonds. The van der Waals surface area contributed by atoms with E-state index in [0.717, 1.165) is 16.9 Å². The van der Waals surface area contributed by atoms with E-state index in [4.69, 9.17) is 15.1 Å². The van der Waals surface area contributed by atoms with Crippen molar-refractivity contribution in [2.24, 2.45) is 0 Å². The van der Waals surface area contributed by atoms with Crippen LogP contribution >= 0.6 is 11.3 Å². The number of thiophene rings is 1. The van der Waals surface area contributed by atoms with E-state index in [-0.39, 0.29) is 11.5 Å². The van der Waals surface area contributed by atoms with Crippen molar-refractivity contribution in [1.82, 2.24) is 0 Å². The lowest BCUT2D eigenvalue weighted by Crippen LogP contribution is -2.00. The van der Waals surface area contributed by atoms with Gasteiger partial charge in [0.05, 0.1) is 11.6 Å². The number of nitrogens with zero attached hydrogens (tertiary/aromatic N) is 1. The zero-order valence-corrected chi connectivity index (χ0v) is 10.1. The molecule has 0 fully saturated rings. The molecule has 1 aromatic heterocycles. The minimum atomic E-state index is -0.995. The molecule has 4 nitrogen and oxygen atoms in total. The third kappa shape index (κ3) is 2.67. The fourth-order valence-corrected chi connectivity index (χ4v) is 2.13. The van der Waals surface area contributed by atoms with Crippen molar-refractivity contribution in [3.8, 4) is 11.8 Å².